The average molecular weight is 360 g/mol. The lowest BCUT2D eigenvalue weighted by Gasteiger charge is -2.30. The number of fused-ring (bicyclic) bond motifs is 6. The smallest absolute Gasteiger partial charge is 0.137 e. The topological polar surface area (TPSA) is 15.6 Å². The molecule has 1 atom stereocenters. The number of amidine groups is 1. The summed E-state index contributed by atoms with van der Waals surface area (Å²) in [5, 5.41) is 0. The number of halogens is 1. The summed E-state index contributed by atoms with van der Waals surface area (Å²) in [6.07, 6.45) is 0. The maximum atomic E-state index is 4.82. The number of nitrogens with zero attached hydrogens (tertiary/aromatic N) is 2. The molecule has 2 aliphatic rings. The second-order valence-electron chi connectivity index (χ2n) is 5.06. The fraction of sp³-hybridized carbons (Fsp3) is 0.188. The first-order valence-electron chi connectivity index (χ1n) is 6.44. The maximum Gasteiger partial charge on any atom is 0.137 e. The Balaban J connectivity index is 2.06. The van der Waals surface area contributed by atoms with E-state index in [0.29, 0.717) is 4.05 Å². The number of aliphatic imine (C=N–C) groups is 1. The van der Waals surface area contributed by atoms with Crippen LogP contribution in [0.2, 0.25) is 0 Å². The molecule has 2 aliphatic heterocycles. The van der Waals surface area contributed by atoms with Crippen LogP contribution in [-0.4, -0.2) is 16.4 Å². The summed E-state index contributed by atoms with van der Waals surface area (Å²) in [7, 11) is 0. The largest absolute Gasteiger partial charge is 0.323 e. The van der Waals surface area contributed by atoms with Crippen molar-refractivity contribution in [1.29, 1.82) is 0 Å². The highest BCUT2D eigenvalue weighted by molar-refractivity contribution is 14.1. The predicted molar refractivity (Wildman–Crippen MR) is 88.3 cm³/mol. The van der Waals surface area contributed by atoms with Crippen molar-refractivity contribution in [2.24, 2.45) is 4.99 Å². The van der Waals surface area contributed by atoms with Gasteiger partial charge in [-0.05, 0) is 24.6 Å². The number of aryl methyl sites for hydroxylation is 1. The van der Waals surface area contributed by atoms with Gasteiger partial charge in [0.2, 0.25) is 0 Å². The number of anilines is 1. The summed E-state index contributed by atoms with van der Waals surface area (Å²) in [6, 6.07) is 15.3. The Labute approximate surface area is 126 Å². The molecule has 0 saturated carbocycles. The molecule has 2 aromatic carbocycles. The van der Waals surface area contributed by atoms with Crippen LogP contribution in [-0.2, 0) is 0 Å². The van der Waals surface area contributed by atoms with E-state index < -0.39 is 0 Å². The van der Waals surface area contributed by atoms with Gasteiger partial charge in [-0.3, -0.25) is 4.99 Å². The van der Waals surface area contributed by atoms with Crippen molar-refractivity contribution in [3.63, 3.8) is 0 Å². The van der Waals surface area contributed by atoms with Gasteiger partial charge in [0.25, 0.3) is 0 Å². The van der Waals surface area contributed by atoms with Crippen LogP contribution in [0.5, 0.6) is 0 Å². The van der Waals surface area contributed by atoms with Gasteiger partial charge in [-0.2, -0.15) is 0 Å². The normalized spacial score (nSPS) is 19.6. The highest BCUT2D eigenvalue weighted by atomic mass is 127. The Morgan fingerprint density at radius 3 is 2.84 bits per heavy atom. The highest BCUT2D eigenvalue weighted by Gasteiger charge is 2.32. The quantitative estimate of drug-likeness (QED) is 0.394. The van der Waals surface area contributed by atoms with Crippen LogP contribution < -0.4 is 4.90 Å². The van der Waals surface area contributed by atoms with E-state index in [1.54, 1.807) is 0 Å². The number of rotatable bonds is 0. The van der Waals surface area contributed by atoms with Crippen LogP contribution in [0, 0.1) is 6.92 Å². The average Bonchev–Trinajstić information content (AvgIpc) is 2.81. The van der Waals surface area contributed by atoms with Crippen molar-refractivity contribution in [1.82, 2.24) is 0 Å². The van der Waals surface area contributed by atoms with Gasteiger partial charge in [-0.25, -0.2) is 0 Å². The Morgan fingerprint density at radius 2 is 1.95 bits per heavy atom. The van der Waals surface area contributed by atoms with Gasteiger partial charge < -0.3 is 4.90 Å². The van der Waals surface area contributed by atoms with E-state index in [2.05, 4.69) is 76.9 Å². The van der Waals surface area contributed by atoms with Crippen LogP contribution in [0.4, 0.5) is 5.69 Å². The molecular formula is C16H13IN2. The van der Waals surface area contributed by atoms with Gasteiger partial charge in [0.1, 0.15) is 9.88 Å². The number of hydrogen-bond donors (Lipinski definition) is 0. The van der Waals surface area contributed by atoms with Crippen LogP contribution in [0.25, 0.3) is 11.1 Å². The van der Waals surface area contributed by atoms with E-state index in [9.17, 15) is 0 Å². The fourth-order valence-corrected chi connectivity index (χ4v) is 3.58. The molecule has 2 nitrogen and oxygen atoms in total. The minimum Gasteiger partial charge on any atom is -0.323 e. The number of para-hydroxylation sites is 1. The molecule has 0 N–H and O–H groups in total. The third kappa shape index (κ3) is 1.64. The van der Waals surface area contributed by atoms with Gasteiger partial charge in [0, 0.05) is 11.1 Å². The van der Waals surface area contributed by atoms with Crippen molar-refractivity contribution in [3.8, 4) is 11.1 Å². The molecule has 0 radical (unpaired) electrons. The minimum atomic E-state index is 0.340. The first-order valence-corrected chi connectivity index (χ1v) is 7.68. The van der Waals surface area contributed by atoms with Crippen LogP contribution in [0.1, 0.15) is 11.1 Å². The zero-order valence-corrected chi connectivity index (χ0v) is 12.8. The molecule has 0 amide bonds. The van der Waals surface area contributed by atoms with Gasteiger partial charge in [-0.15, -0.1) is 0 Å². The molecule has 0 fully saturated rings. The monoisotopic (exact) mass is 360 g/mol. The molecular weight excluding hydrogens is 347 g/mol. The van der Waals surface area contributed by atoms with Crippen molar-refractivity contribution in [2.45, 2.75) is 11.0 Å². The van der Waals surface area contributed by atoms with E-state index in [1.165, 1.54) is 27.9 Å². The predicted octanol–water partition coefficient (Wildman–Crippen LogP) is 4.00. The Hall–Kier alpha value is -1.36. The zero-order valence-electron chi connectivity index (χ0n) is 10.6. The minimum absolute atomic E-state index is 0.340. The first-order chi connectivity index (χ1) is 9.24. The van der Waals surface area contributed by atoms with E-state index in [0.717, 1.165) is 12.4 Å². The van der Waals surface area contributed by atoms with Crippen LogP contribution >= 0.6 is 22.6 Å². The molecule has 0 unspecified atom stereocenters. The van der Waals surface area contributed by atoms with E-state index >= 15 is 0 Å². The molecule has 2 aromatic rings. The summed E-state index contributed by atoms with van der Waals surface area (Å²) in [5.41, 5.74) is 6.48. The van der Waals surface area contributed by atoms with Gasteiger partial charge in [0.05, 0.1) is 12.2 Å². The van der Waals surface area contributed by atoms with Gasteiger partial charge in [0.15, 0.2) is 0 Å². The van der Waals surface area contributed by atoms with Crippen molar-refractivity contribution in [2.75, 3.05) is 11.4 Å². The summed E-state index contributed by atoms with van der Waals surface area (Å²) in [4.78, 5) is 7.18. The fourth-order valence-electron chi connectivity index (χ4n) is 2.92. The first kappa shape index (κ1) is 11.5. The molecule has 0 aromatic heterocycles. The molecule has 19 heavy (non-hydrogen) atoms. The molecule has 94 valence electrons. The molecule has 0 saturated heterocycles. The SMILES string of the molecule is Cc1ccc2c(c1)C1=N[C@@H](I)CN1c1ccccc1-2. The van der Waals surface area contributed by atoms with Crippen LogP contribution in [0.15, 0.2) is 47.5 Å². The zero-order chi connectivity index (χ0) is 13.0. The molecule has 0 spiro atoms. The molecule has 0 bridgehead atoms. The van der Waals surface area contributed by atoms with Gasteiger partial charge >= 0.3 is 0 Å². The third-order valence-corrected chi connectivity index (χ3v) is 4.42. The number of benzene rings is 2. The standard InChI is InChI=1S/C16H13IN2/c1-10-6-7-11-12-4-2-3-5-14(12)19-9-15(17)18-16(19)13(11)8-10/h2-8,15H,9H2,1H3/t15-/m1/s1. The Morgan fingerprint density at radius 1 is 1.11 bits per heavy atom. The van der Waals surface area contributed by atoms with E-state index in [4.69, 9.17) is 4.99 Å². The lowest BCUT2D eigenvalue weighted by Crippen LogP contribution is -2.32. The maximum absolute atomic E-state index is 4.82. The summed E-state index contributed by atoms with van der Waals surface area (Å²) in [6.45, 7) is 3.11. The van der Waals surface area contributed by atoms with Crippen molar-refractivity contribution < 1.29 is 0 Å². The molecule has 0 aliphatic carbocycles. The highest BCUT2D eigenvalue weighted by Crippen LogP contribution is 2.41. The molecule has 4 rings (SSSR count). The molecule has 3 heteroatoms. The Bertz CT molecular complexity index is 706. The lowest BCUT2D eigenvalue weighted by atomic mass is 9.91. The summed E-state index contributed by atoms with van der Waals surface area (Å²) in [5.74, 6) is 1.14. The van der Waals surface area contributed by atoms with Crippen molar-refractivity contribution >= 4 is 34.1 Å². The van der Waals surface area contributed by atoms with E-state index in [-0.39, 0.29) is 0 Å². The molecule has 2 heterocycles. The summed E-state index contributed by atoms with van der Waals surface area (Å²) >= 11 is 2.41. The van der Waals surface area contributed by atoms with Gasteiger partial charge in [-0.1, -0.05) is 58.5 Å². The Kier molecular flexibility index (Phi) is 2.45. The number of alkyl halides is 1. The third-order valence-electron chi connectivity index (χ3n) is 3.75. The number of hydrogen-bond acceptors (Lipinski definition) is 2. The summed E-state index contributed by atoms with van der Waals surface area (Å²) < 4.78 is 0.340. The second-order valence-corrected chi connectivity index (χ2v) is 6.50. The lowest BCUT2D eigenvalue weighted by molar-refractivity contribution is 0.992. The van der Waals surface area contributed by atoms with E-state index in [1.807, 2.05) is 0 Å². The van der Waals surface area contributed by atoms with Crippen molar-refractivity contribution in [3.05, 3.63) is 53.6 Å². The second kappa shape index (κ2) is 4.07. The van der Waals surface area contributed by atoms with Crippen LogP contribution in [0.3, 0.4) is 0 Å².